The Labute approximate surface area is 153 Å². The smallest absolute Gasteiger partial charge is 0.191 e. The Bertz CT molecular complexity index is 646. The number of rotatable bonds is 5. The van der Waals surface area contributed by atoms with Crippen LogP contribution in [0.4, 0.5) is 4.39 Å². The van der Waals surface area contributed by atoms with Crippen LogP contribution in [-0.4, -0.2) is 24.5 Å². The van der Waals surface area contributed by atoms with Gasteiger partial charge in [0.1, 0.15) is 5.82 Å². The largest absolute Gasteiger partial charge is 0.356 e. The first kappa shape index (κ1) is 19.3. The number of aryl methyl sites for hydroxylation is 1. The number of nitrogens with one attached hydrogen (secondary N) is 2. The molecule has 0 spiro atoms. The second-order valence-corrected chi connectivity index (χ2v) is 5.00. The SMILES string of the molecule is CN=C(NCCc1ccncc1C)NCc1ccccc1F.I. The van der Waals surface area contributed by atoms with Gasteiger partial charge in [0.2, 0.25) is 0 Å². The van der Waals surface area contributed by atoms with E-state index in [1.807, 2.05) is 25.3 Å². The molecule has 0 saturated heterocycles. The molecule has 0 unspecified atom stereocenters. The van der Waals surface area contributed by atoms with Crippen molar-refractivity contribution in [3.05, 3.63) is 65.2 Å². The van der Waals surface area contributed by atoms with Crippen LogP contribution >= 0.6 is 24.0 Å². The van der Waals surface area contributed by atoms with Gasteiger partial charge in [0.25, 0.3) is 0 Å². The zero-order valence-corrected chi connectivity index (χ0v) is 15.7. The number of halogens is 2. The monoisotopic (exact) mass is 428 g/mol. The van der Waals surface area contributed by atoms with E-state index in [9.17, 15) is 4.39 Å². The summed E-state index contributed by atoms with van der Waals surface area (Å²) in [4.78, 5) is 8.23. The maximum absolute atomic E-state index is 13.6. The summed E-state index contributed by atoms with van der Waals surface area (Å²) in [6.45, 7) is 3.20. The van der Waals surface area contributed by atoms with Gasteiger partial charge in [0.05, 0.1) is 0 Å². The highest BCUT2D eigenvalue weighted by Gasteiger charge is 2.03. The minimum Gasteiger partial charge on any atom is -0.356 e. The molecule has 6 heteroatoms. The molecule has 0 aliphatic rings. The molecule has 0 aliphatic heterocycles. The number of aliphatic imine (C=N–C) groups is 1. The third-order valence-corrected chi connectivity index (χ3v) is 3.45. The van der Waals surface area contributed by atoms with E-state index < -0.39 is 0 Å². The van der Waals surface area contributed by atoms with E-state index in [2.05, 4.69) is 20.6 Å². The second-order valence-electron chi connectivity index (χ2n) is 5.00. The molecule has 0 atom stereocenters. The first-order chi connectivity index (χ1) is 10.7. The van der Waals surface area contributed by atoms with Crippen LogP contribution in [0.3, 0.4) is 0 Å². The number of benzene rings is 1. The fourth-order valence-electron chi connectivity index (χ4n) is 2.14. The van der Waals surface area contributed by atoms with Gasteiger partial charge in [0, 0.05) is 38.1 Å². The Kier molecular flexibility index (Phi) is 8.53. The van der Waals surface area contributed by atoms with Gasteiger partial charge in [-0.05, 0) is 36.6 Å². The van der Waals surface area contributed by atoms with Crippen LogP contribution in [0, 0.1) is 12.7 Å². The van der Waals surface area contributed by atoms with Crippen LogP contribution in [0.15, 0.2) is 47.7 Å². The Morgan fingerprint density at radius 2 is 1.96 bits per heavy atom. The summed E-state index contributed by atoms with van der Waals surface area (Å²) in [5.41, 5.74) is 3.06. The van der Waals surface area contributed by atoms with Crippen molar-refractivity contribution in [3.63, 3.8) is 0 Å². The molecule has 0 saturated carbocycles. The van der Waals surface area contributed by atoms with Gasteiger partial charge in [-0.3, -0.25) is 9.98 Å². The zero-order chi connectivity index (χ0) is 15.8. The van der Waals surface area contributed by atoms with Crippen molar-refractivity contribution >= 4 is 29.9 Å². The lowest BCUT2D eigenvalue weighted by Gasteiger charge is -2.13. The average Bonchev–Trinajstić information content (AvgIpc) is 2.54. The third kappa shape index (κ3) is 6.13. The molecule has 0 fully saturated rings. The Hall–Kier alpha value is -1.70. The summed E-state index contributed by atoms with van der Waals surface area (Å²) >= 11 is 0. The van der Waals surface area contributed by atoms with Crippen molar-refractivity contribution in [2.24, 2.45) is 4.99 Å². The number of guanidine groups is 1. The molecular formula is C17H22FIN4. The second kappa shape index (κ2) is 10.1. The summed E-state index contributed by atoms with van der Waals surface area (Å²) in [6.07, 6.45) is 4.54. The molecule has 2 N–H and O–H groups in total. The lowest BCUT2D eigenvalue weighted by atomic mass is 10.1. The van der Waals surface area contributed by atoms with E-state index in [0.29, 0.717) is 18.1 Å². The van der Waals surface area contributed by atoms with Crippen LogP contribution in [-0.2, 0) is 13.0 Å². The molecule has 0 bridgehead atoms. The van der Waals surface area contributed by atoms with Crippen molar-refractivity contribution in [2.45, 2.75) is 19.9 Å². The maximum Gasteiger partial charge on any atom is 0.191 e. The van der Waals surface area contributed by atoms with Crippen molar-refractivity contribution in [1.82, 2.24) is 15.6 Å². The number of hydrogen-bond donors (Lipinski definition) is 2. The molecule has 2 rings (SSSR count). The fourth-order valence-corrected chi connectivity index (χ4v) is 2.14. The molecule has 124 valence electrons. The summed E-state index contributed by atoms with van der Waals surface area (Å²) in [7, 11) is 1.70. The van der Waals surface area contributed by atoms with Gasteiger partial charge in [-0.1, -0.05) is 18.2 Å². The molecule has 23 heavy (non-hydrogen) atoms. The maximum atomic E-state index is 13.6. The lowest BCUT2D eigenvalue weighted by molar-refractivity contribution is 0.604. The van der Waals surface area contributed by atoms with E-state index >= 15 is 0 Å². The average molecular weight is 428 g/mol. The van der Waals surface area contributed by atoms with Gasteiger partial charge in [-0.2, -0.15) is 0 Å². The molecule has 0 radical (unpaired) electrons. The Morgan fingerprint density at radius 3 is 2.65 bits per heavy atom. The molecule has 4 nitrogen and oxygen atoms in total. The van der Waals surface area contributed by atoms with Crippen LogP contribution in [0.25, 0.3) is 0 Å². The van der Waals surface area contributed by atoms with Crippen LogP contribution in [0.1, 0.15) is 16.7 Å². The fraction of sp³-hybridized carbons (Fsp3) is 0.294. The number of aromatic nitrogens is 1. The number of hydrogen-bond acceptors (Lipinski definition) is 2. The molecular weight excluding hydrogens is 406 g/mol. The topological polar surface area (TPSA) is 49.3 Å². The highest BCUT2D eigenvalue weighted by atomic mass is 127. The van der Waals surface area contributed by atoms with Crippen LogP contribution in [0.5, 0.6) is 0 Å². The summed E-state index contributed by atoms with van der Waals surface area (Å²) in [6, 6.07) is 8.74. The zero-order valence-electron chi connectivity index (χ0n) is 13.3. The van der Waals surface area contributed by atoms with E-state index in [0.717, 1.165) is 13.0 Å². The van der Waals surface area contributed by atoms with Crippen molar-refractivity contribution in [3.8, 4) is 0 Å². The summed E-state index contributed by atoms with van der Waals surface area (Å²) < 4.78 is 13.6. The highest BCUT2D eigenvalue weighted by Crippen LogP contribution is 2.06. The van der Waals surface area contributed by atoms with E-state index in [4.69, 9.17) is 0 Å². The van der Waals surface area contributed by atoms with Crippen LogP contribution < -0.4 is 10.6 Å². The highest BCUT2D eigenvalue weighted by molar-refractivity contribution is 14.0. The predicted molar refractivity (Wildman–Crippen MR) is 103 cm³/mol. The van der Waals surface area contributed by atoms with Crippen molar-refractivity contribution in [1.29, 1.82) is 0 Å². The first-order valence-corrected chi connectivity index (χ1v) is 7.28. The molecule has 0 aliphatic carbocycles. The normalized spacial score (nSPS) is 10.8. The van der Waals surface area contributed by atoms with Gasteiger partial charge in [-0.25, -0.2) is 4.39 Å². The first-order valence-electron chi connectivity index (χ1n) is 7.28. The van der Waals surface area contributed by atoms with Crippen molar-refractivity contribution < 1.29 is 4.39 Å². The molecule has 1 heterocycles. The van der Waals surface area contributed by atoms with Gasteiger partial charge < -0.3 is 10.6 Å². The van der Waals surface area contributed by atoms with E-state index in [-0.39, 0.29) is 29.8 Å². The summed E-state index contributed by atoms with van der Waals surface area (Å²) in [5, 5.41) is 6.34. The van der Waals surface area contributed by atoms with Crippen LogP contribution in [0.2, 0.25) is 0 Å². The Morgan fingerprint density at radius 1 is 1.17 bits per heavy atom. The quantitative estimate of drug-likeness (QED) is 0.438. The van der Waals surface area contributed by atoms with E-state index in [1.54, 1.807) is 25.4 Å². The van der Waals surface area contributed by atoms with Gasteiger partial charge in [-0.15, -0.1) is 24.0 Å². The number of pyridine rings is 1. The number of nitrogens with zero attached hydrogens (tertiary/aromatic N) is 2. The predicted octanol–water partition coefficient (Wildman–Crippen LogP) is 3.05. The molecule has 2 aromatic rings. The molecule has 0 amide bonds. The van der Waals surface area contributed by atoms with Gasteiger partial charge >= 0.3 is 0 Å². The Balaban J connectivity index is 0.00000264. The molecule has 1 aromatic heterocycles. The van der Waals surface area contributed by atoms with Crippen molar-refractivity contribution in [2.75, 3.05) is 13.6 Å². The molecule has 1 aromatic carbocycles. The minimum absolute atomic E-state index is 0. The van der Waals surface area contributed by atoms with E-state index in [1.165, 1.54) is 17.2 Å². The summed E-state index contributed by atoms with van der Waals surface area (Å²) in [5.74, 6) is 0.452. The minimum atomic E-state index is -0.210. The lowest BCUT2D eigenvalue weighted by Crippen LogP contribution is -2.38. The van der Waals surface area contributed by atoms with Gasteiger partial charge in [0.15, 0.2) is 5.96 Å². The standard InChI is InChI=1S/C17H21FN4.HI/c1-13-11-20-9-7-14(13)8-10-21-17(19-2)22-12-15-5-3-4-6-16(15)18;/h3-7,9,11H,8,10,12H2,1-2H3,(H2,19,21,22);1H. The third-order valence-electron chi connectivity index (χ3n) is 3.45.